The van der Waals surface area contributed by atoms with Crippen molar-refractivity contribution in [2.24, 2.45) is 0 Å². The molecule has 1 aromatic rings. The standard InChI is InChI=1S/C12H14O2/c13-9-8-12-11(14-12)7-6-10-4-2-1-3-5-10/h1-5,9,11-12H,6-8H2/t11-,12+/m1/s1. The molecule has 2 rings (SSSR count). The van der Waals surface area contributed by atoms with Gasteiger partial charge in [0.25, 0.3) is 0 Å². The lowest BCUT2D eigenvalue weighted by Crippen LogP contribution is -1.97. The van der Waals surface area contributed by atoms with Gasteiger partial charge in [0.1, 0.15) is 6.29 Å². The fourth-order valence-corrected chi connectivity index (χ4v) is 1.69. The van der Waals surface area contributed by atoms with Crippen molar-refractivity contribution in [2.75, 3.05) is 0 Å². The third-order valence-electron chi connectivity index (χ3n) is 2.58. The number of benzene rings is 1. The molecule has 74 valence electrons. The van der Waals surface area contributed by atoms with Crippen LogP contribution in [0.25, 0.3) is 0 Å². The van der Waals surface area contributed by atoms with E-state index in [-0.39, 0.29) is 6.10 Å². The number of carbonyl (C=O) groups excluding carboxylic acids is 1. The molecular weight excluding hydrogens is 176 g/mol. The van der Waals surface area contributed by atoms with Gasteiger partial charge in [-0.1, -0.05) is 30.3 Å². The Morgan fingerprint density at radius 3 is 2.71 bits per heavy atom. The van der Waals surface area contributed by atoms with E-state index in [1.807, 2.05) is 18.2 Å². The number of aldehydes is 1. The van der Waals surface area contributed by atoms with E-state index >= 15 is 0 Å². The molecule has 1 aromatic carbocycles. The van der Waals surface area contributed by atoms with E-state index < -0.39 is 0 Å². The predicted molar refractivity (Wildman–Crippen MR) is 54.1 cm³/mol. The Labute approximate surface area is 83.9 Å². The smallest absolute Gasteiger partial charge is 0.122 e. The van der Waals surface area contributed by atoms with Crippen LogP contribution in [0.3, 0.4) is 0 Å². The van der Waals surface area contributed by atoms with Crippen LogP contribution in [0.15, 0.2) is 30.3 Å². The van der Waals surface area contributed by atoms with Crippen molar-refractivity contribution < 1.29 is 9.53 Å². The lowest BCUT2D eigenvalue weighted by atomic mass is 10.1. The first-order chi connectivity index (χ1) is 6.90. The van der Waals surface area contributed by atoms with Crippen LogP contribution in [-0.4, -0.2) is 18.5 Å². The molecule has 2 atom stereocenters. The number of ether oxygens (including phenoxy) is 1. The molecule has 1 aliphatic heterocycles. The van der Waals surface area contributed by atoms with Crippen molar-refractivity contribution in [3.8, 4) is 0 Å². The molecule has 0 aromatic heterocycles. The summed E-state index contributed by atoms with van der Waals surface area (Å²) in [4.78, 5) is 10.2. The van der Waals surface area contributed by atoms with Gasteiger partial charge in [0.2, 0.25) is 0 Å². The van der Waals surface area contributed by atoms with Gasteiger partial charge in [0, 0.05) is 6.42 Å². The molecule has 0 bridgehead atoms. The quantitative estimate of drug-likeness (QED) is 0.525. The number of aryl methyl sites for hydroxylation is 1. The van der Waals surface area contributed by atoms with E-state index in [1.54, 1.807) is 0 Å². The van der Waals surface area contributed by atoms with Crippen LogP contribution in [0, 0.1) is 0 Å². The third-order valence-corrected chi connectivity index (χ3v) is 2.58. The molecule has 1 heterocycles. The molecule has 0 radical (unpaired) electrons. The van der Waals surface area contributed by atoms with Crippen LogP contribution in [0.2, 0.25) is 0 Å². The van der Waals surface area contributed by atoms with Gasteiger partial charge < -0.3 is 9.53 Å². The highest BCUT2D eigenvalue weighted by atomic mass is 16.6. The highest BCUT2D eigenvalue weighted by Gasteiger charge is 2.37. The van der Waals surface area contributed by atoms with Gasteiger partial charge in [-0.15, -0.1) is 0 Å². The van der Waals surface area contributed by atoms with Crippen molar-refractivity contribution in [3.63, 3.8) is 0 Å². The van der Waals surface area contributed by atoms with Crippen LogP contribution in [0.4, 0.5) is 0 Å². The average molecular weight is 190 g/mol. The third kappa shape index (κ3) is 2.42. The molecule has 0 unspecified atom stereocenters. The number of hydrogen-bond acceptors (Lipinski definition) is 2. The highest BCUT2D eigenvalue weighted by Crippen LogP contribution is 2.28. The summed E-state index contributed by atoms with van der Waals surface area (Å²) in [6.07, 6.45) is 4.09. The maximum absolute atomic E-state index is 10.2. The monoisotopic (exact) mass is 190 g/mol. The minimum atomic E-state index is 0.205. The molecule has 2 nitrogen and oxygen atoms in total. The molecular formula is C12H14O2. The Morgan fingerprint density at radius 2 is 2.00 bits per heavy atom. The van der Waals surface area contributed by atoms with Crippen LogP contribution in [-0.2, 0) is 16.0 Å². The molecule has 1 fully saturated rings. The van der Waals surface area contributed by atoms with Gasteiger partial charge in [-0.2, -0.15) is 0 Å². The van der Waals surface area contributed by atoms with Crippen molar-refractivity contribution in [1.29, 1.82) is 0 Å². The van der Waals surface area contributed by atoms with Gasteiger partial charge >= 0.3 is 0 Å². The minimum Gasteiger partial charge on any atom is -0.369 e. The summed E-state index contributed by atoms with van der Waals surface area (Å²) in [6, 6.07) is 10.4. The lowest BCUT2D eigenvalue weighted by molar-refractivity contribution is -0.108. The molecule has 14 heavy (non-hydrogen) atoms. The van der Waals surface area contributed by atoms with Crippen LogP contribution in [0.5, 0.6) is 0 Å². The Kier molecular flexibility index (Phi) is 2.94. The zero-order valence-corrected chi connectivity index (χ0v) is 8.06. The molecule has 0 N–H and O–H groups in total. The zero-order valence-electron chi connectivity index (χ0n) is 8.06. The second-order valence-electron chi connectivity index (χ2n) is 3.64. The fourth-order valence-electron chi connectivity index (χ4n) is 1.69. The molecule has 0 amide bonds. The van der Waals surface area contributed by atoms with Crippen molar-refractivity contribution in [1.82, 2.24) is 0 Å². The molecule has 0 spiro atoms. The van der Waals surface area contributed by atoms with Gasteiger partial charge in [-0.25, -0.2) is 0 Å². The Balaban J connectivity index is 1.72. The normalized spacial score (nSPS) is 24.6. The maximum Gasteiger partial charge on any atom is 0.122 e. The topological polar surface area (TPSA) is 29.6 Å². The SMILES string of the molecule is O=CC[C@@H]1O[C@@H]1CCc1ccccc1. The van der Waals surface area contributed by atoms with Gasteiger partial charge in [0.05, 0.1) is 12.2 Å². The average Bonchev–Trinajstić information content (AvgIpc) is 2.96. The number of hydrogen-bond donors (Lipinski definition) is 0. The Hall–Kier alpha value is -1.15. The second-order valence-corrected chi connectivity index (χ2v) is 3.64. The van der Waals surface area contributed by atoms with Crippen molar-refractivity contribution in [2.45, 2.75) is 31.5 Å². The number of epoxide rings is 1. The molecule has 0 aliphatic carbocycles. The molecule has 2 heteroatoms. The second kappa shape index (κ2) is 4.38. The van der Waals surface area contributed by atoms with E-state index in [4.69, 9.17) is 4.74 Å². The van der Waals surface area contributed by atoms with Crippen LogP contribution in [0.1, 0.15) is 18.4 Å². The number of carbonyl (C=O) groups is 1. The lowest BCUT2D eigenvalue weighted by Gasteiger charge is -1.97. The molecule has 0 saturated carbocycles. The van der Waals surface area contributed by atoms with Crippen molar-refractivity contribution >= 4 is 6.29 Å². The first-order valence-electron chi connectivity index (χ1n) is 5.03. The first kappa shape index (κ1) is 9.41. The largest absolute Gasteiger partial charge is 0.369 e. The minimum absolute atomic E-state index is 0.205. The van der Waals surface area contributed by atoms with Crippen LogP contribution < -0.4 is 0 Å². The summed E-state index contributed by atoms with van der Waals surface area (Å²) in [5.41, 5.74) is 1.34. The van der Waals surface area contributed by atoms with E-state index in [0.29, 0.717) is 12.5 Å². The summed E-state index contributed by atoms with van der Waals surface area (Å²) in [5.74, 6) is 0. The Bertz CT molecular complexity index is 294. The van der Waals surface area contributed by atoms with Gasteiger partial charge in [0.15, 0.2) is 0 Å². The first-order valence-corrected chi connectivity index (χ1v) is 5.03. The van der Waals surface area contributed by atoms with E-state index in [1.165, 1.54) is 5.56 Å². The summed E-state index contributed by atoms with van der Waals surface area (Å²) in [5, 5.41) is 0. The number of rotatable bonds is 5. The van der Waals surface area contributed by atoms with Crippen molar-refractivity contribution in [3.05, 3.63) is 35.9 Å². The zero-order chi connectivity index (χ0) is 9.80. The fraction of sp³-hybridized carbons (Fsp3) is 0.417. The van der Waals surface area contributed by atoms with E-state index in [9.17, 15) is 4.79 Å². The van der Waals surface area contributed by atoms with E-state index in [0.717, 1.165) is 19.1 Å². The van der Waals surface area contributed by atoms with Crippen LogP contribution >= 0.6 is 0 Å². The maximum atomic E-state index is 10.2. The molecule has 1 aliphatic rings. The summed E-state index contributed by atoms with van der Waals surface area (Å²) in [7, 11) is 0. The van der Waals surface area contributed by atoms with Gasteiger partial charge in [-0.05, 0) is 18.4 Å². The summed E-state index contributed by atoms with van der Waals surface area (Å²) >= 11 is 0. The van der Waals surface area contributed by atoms with Gasteiger partial charge in [-0.3, -0.25) is 0 Å². The predicted octanol–water partition coefficient (Wildman–Crippen LogP) is 1.98. The summed E-state index contributed by atoms with van der Waals surface area (Å²) in [6.45, 7) is 0. The van der Waals surface area contributed by atoms with E-state index in [2.05, 4.69) is 12.1 Å². The summed E-state index contributed by atoms with van der Waals surface area (Å²) < 4.78 is 5.35. The Morgan fingerprint density at radius 1 is 1.21 bits per heavy atom. The highest BCUT2D eigenvalue weighted by molar-refractivity contribution is 5.51. The molecule has 1 saturated heterocycles.